The molecule has 0 fully saturated rings. The highest BCUT2D eigenvalue weighted by Gasteiger charge is 2.14. The Balaban J connectivity index is 2.91. The molecule has 0 unspecified atom stereocenters. The van der Waals surface area contributed by atoms with Crippen molar-refractivity contribution < 1.29 is 22.7 Å². The summed E-state index contributed by atoms with van der Waals surface area (Å²) in [5.74, 6) is -5.15. The Labute approximate surface area is 83.8 Å². The predicted molar refractivity (Wildman–Crippen MR) is 45.7 cm³/mol. The Kier molecular flexibility index (Phi) is 3.68. The first-order valence-electron chi connectivity index (χ1n) is 3.98. The lowest BCUT2D eigenvalue weighted by molar-refractivity contribution is 0.0871. The zero-order valence-corrected chi connectivity index (χ0v) is 7.81. The van der Waals surface area contributed by atoms with Crippen LogP contribution < -0.4 is 5.32 Å². The maximum atomic E-state index is 12.7. The van der Waals surface area contributed by atoms with Crippen molar-refractivity contribution in [2.24, 2.45) is 0 Å². The third-order valence-electron chi connectivity index (χ3n) is 1.62. The van der Waals surface area contributed by atoms with Crippen LogP contribution in [0.3, 0.4) is 0 Å². The minimum absolute atomic E-state index is 0.0978. The van der Waals surface area contributed by atoms with E-state index in [4.69, 9.17) is 0 Å². The second kappa shape index (κ2) is 4.79. The van der Waals surface area contributed by atoms with Crippen molar-refractivity contribution in [2.45, 2.75) is 0 Å². The average molecular weight is 219 g/mol. The van der Waals surface area contributed by atoms with Gasteiger partial charge in [-0.2, -0.15) is 0 Å². The molecule has 0 heterocycles. The molecule has 1 aromatic carbocycles. The molecule has 1 aromatic rings. The summed E-state index contributed by atoms with van der Waals surface area (Å²) < 4.78 is 42.4. The van der Waals surface area contributed by atoms with Gasteiger partial charge in [0.2, 0.25) is 0 Å². The fourth-order valence-corrected chi connectivity index (χ4v) is 0.926. The first kappa shape index (κ1) is 11.5. The normalized spacial score (nSPS) is 10.1. The van der Waals surface area contributed by atoms with Crippen LogP contribution in [0.4, 0.5) is 13.2 Å². The smallest absolute Gasteiger partial charge is 0.253 e. The van der Waals surface area contributed by atoms with Gasteiger partial charge in [0.25, 0.3) is 5.91 Å². The van der Waals surface area contributed by atoms with E-state index in [2.05, 4.69) is 10.1 Å². The number of ether oxygens (including phenoxy) is 1. The minimum atomic E-state index is -1.60. The maximum absolute atomic E-state index is 12.7. The van der Waals surface area contributed by atoms with Crippen LogP contribution in [-0.4, -0.2) is 19.7 Å². The second-order valence-corrected chi connectivity index (χ2v) is 2.69. The summed E-state index contributed by atoms with van der Waals surface area (Å²) in [4.78, 5) is 11.2. The lowest BCUT2D eigenvalue weighted by atomic mass is 10.2. The van der Waals surface area contributed by atoms with E-state index in [-0.39, 0.29) is 12.3 Å². The molecule has 6 heteroatoms. The molecule has 1 N–H and O–H groups in total. The number of hydrogen-bond acceptors (Lipinski definition) is 2. The zero-order valence-electron chi connectivity index (χ0n) is 7.81. The summed E-state index contributed by atoms with van der Waals surface area (Å²) >= 11 is 0. The van der Waals surface area contributed by atoms with Crippen LogP contribution in [0.25, 0.3) is 0 Å². The highest BCUT2D eigenvalue weighted by atomic mass is 19.2. The number of nitrogens with one attached hydrogen (secondary N) is 1. The van der Waals surface area contributed by atoms with E-state index in [1.807, 2.05) is 0 Å². The number of methoxy groups -OCH3 is 1. The van der Waals surface area contributed by atoms with Crippen molar-refractivity contribution in [3.8, 4) is 0 Å². The fraction of sp³-hybridized carbons (Fsp3) is 0.222. The molecular weight excluding hydrogens is 211 g/mol. The van der Waals surface area contributed by atoms with Crippen molar-refractivity contribution in [1.82, 2.24) is 5.32 Å². The molecule has 0 saturated heterocycles. The Morgan fingerprint density at radius 1 is 1.33 bits per heavy atom. The molecule has 0 bridgehead atoms. The van der Waals surface area contributed by atoms with E-state index in [1.54, 1.807) is 0 Å². The monoisotopic (exact) mass is 219 g/mol. The predicted octanol–water partition coefficient (Wildman–Crippen LogP) is 1.44. The van der Waals surface area contributed by atoms with Crippen LogP contribution in [0, 0.1) is 17.5 Å². The van der Waals surface area contributed by atoms with Crippen LogP contribution in [0.2, 0.25) is 0 Å². The molecule has 0 radical (unpaired) electrons. The van der Waals surface area contributed by atoms with Gasteiger partial charge < -0.3 is 10.1 Å². The van der Waals surface area contributed by atoms with E-state index >= 15 is 0 Å². The molecule has 0 aromatic heterocycles. The molecule has 1 rings (SSSR count). The molecule has 3 nitrogen and oxygen atoms in total. The van der Waals surface area contributed by atoms with Crippen LogP contribution >= 0.6 is 0 Å². The zero-order chi connectivity index (χ0) is 11.4. The van der Waals surface area contributed by atoms with Crippen molar-refractivity contribution in [3.05, 3.63) is 35.1 Å². The minimum Gasteiger partial charge on any atom is -0.364 e. The highest BCUT2D eigenvalue weighted by molar-refractivity contribution is 5.94. The summed E-state index contributed by atoms with van der Waals surface area (Å²) in [6, 6.07) is 1.23. The fourth-order valence-electron chi connectivity index (χ4n) is 0.926. The number of benzene rings is 1. The topological polar surface area (TPSA) is 38.3 Å². The lowest BCUT2D eigenvalue weighted by Crippen LogP contribution is -2.25. The van der Waals surface area contributed by atoms with Gasteiger partial charge in [-0.1, -0.05) is 0 Å². The molecule has 15 heavy (non-hydrogen) atoms. The molecule has 0 atom stereocenters. The van der Waals surface area contributed by atoms with Crippen molar-refractivity contribution in [3.63, 3.8) is 0 Å². The Hall–Kier alpha value is -1.56. The quantitative estimate of drug-likeness (QED) is 0.617. The summed E-state index contributed by atoms with van der Waals surface area (Å²) in [5, 5.41) is 2.21. The van der Waals surface area contributed by atoms with Gasteiger partial charge in [-0.05, 0) is 12.1 Å². The molecule has 1 amide bonds. The number of rotatable bonds is 3. The van der Waals surface area contributed by atoms with Crippen molar-refractivity contribution >= 4 is 5.91 Å². The Morgan fingerprint density at radius 3 is 2.33 bits per heavy atom. The van der Waals surface area contributed by atoms with Gasteiger partial charge in [0, 0.05) is 12.7 Å². The van der Waals surface area contributed by atoms with E-state index in [0.717, 1.165) is 0 Å². The summed E-state index contributed by atoms with van der Waals surface area (Å²) in [6.07, 6.45) is 0. The van der Waals surface area contributed by atoms with Crippen LogP contribution in [0.1, 0.15) is 10.4 Å². The van der Waals surface area contributed by atoms with Gasteiger partial charge in [-0.3, -0.25) is 4.79 Å². The number of hydrogen-bond donors (Lipinski definition) is 1. The first-order chi connectivity index (χ1) is 7.06. The first-order valence-corrected chi connectivity index (χ1v) is 3.98. The van der Waals surface area contributed by atoms with Gasteiger partial charge >= 0.3 is 0 Å². The third kappa shape index (κ3) is 2.69. The van der Waals surface area contributed by atoms with Crippen LogP contribution in [0.5, 0.6) is 0 Å². The molecular formula is C9H8F3NO2. The average Bonchev–Trinajstić information content (AvgIpc) is 2.21. The Morgan fingerprint density at radius 2 is 1.87 bits per heavy atom. The SMILES string of the molecule is COCNC(=O)c1cc(F)c(F)c(F)c1. The molecule has 0 aliphatic heterocycles. The van der Waals surface area contributed by atoms with E-state index in [0.29, 0.717) is 12.1 Å². The largest absolute Gasteiger partial charge is 0.364 e. The van der Waals surface area contributed by atoms with E-state index in [9.17, 15) is 18.0 Å². The van der Waals surface area contributed by atoms with Crippen molar-refractivity contribution in [2.75, 3.05) is 13.8 Å². The maximum Gasteiger partial charge on any atom is 0.253 e. The van der Waals surface area contributed by atoms with Gasteiger partial charge in [-0.15, -0.1) is 0 Å². The third-order valence-corrected chi connectivity index (χ3v) is 1.62. The summed E-state index contributed by atoms with van der Waals surface area (Å²) in [6.45, 7) is -0.0978. The summed E-state index contributed by atoms with van der Waals surface area (Å²) in [5.41, 5.74) is -0.302. The van der Waals surface area contributed by atoms with Crippen LogP contribution in [-0.2, 0) is 4.74 Å². The van der Waals surface area contributed by atoms with E-state index < -0.39 is 23.4 Å². The lowest BCUT2D eigenvalue weighted by Gasteiger charge is -2.04. The van der Waals surface area contributed by atoms with Gasteiger partial charge in [0.15, 0.2) is 17.5 Å². The molecule has 0 spiro atoms. The van der Waals surface area contributed by atoms with E-state index in [1.165, 1.54) is 7.11 Å². The molecule has 0 aliphatic carbocycles. The molecule has 0 aliphatic rings. The molecule has 0 saturated carbocycles. The number of carbonyl (C=O) groups is 1. The number of carbonyl (C=O) groups excluding carboxylic acids is 1. The number of halogens is 3. The number of amides is 1. The van der Waals surface area contributed by atoms with Crippen LogP contribution in [0.15, 0.2) is 12.1 Å². The Bertz CT molecular complexity index is 359. The molecule has 82 valence electrons. The highest BCUT2D eigenvalue weighted by Crippen LogP contribution is 2.13. The summed E-state index contributed by atoms with van der Waals surface area (Å²) in [7, 11) is 1.34. The second-order valence-electron chi connectivity index (χ2n) is 2.69. The van der Waals surface area contributed by atoms with Gasteiger partial charge in [-0.25, -0.2) is 13.2 Å². The van der Waals surface area contributed by atoms with Gasteiger partial charge in [0.05, 0.1) is 0 Å². The van der Waals surface area contributed by atoms with Gasteiger partial charge in [0.1, 0.15) is 6.73 Å². The van der Waals surface area contributed by atoms with Crippen molar-refractivity contribution in [1.29, 1.82) is 0 Å². The standard InChI is InChI=1S/C9H8F3NO2/c1-15-4-13-9(14)5-2-6(10)8(12)7(11)3-5/h2-3H,4H2,1H3,(H,13,14).